The van der Waals surface area contributed by atoms with E-state index in [0.29, 0.717) is 6.67 Å². The quantitative estimate of drug-likeness (QED) is 0.339. The molecule has 0 saturated heterocycles. The fourth-order valence-corrected chi connectivity index (χ4v) is 0.690. The van der Waals surface area contributed by atoms with Gasteiger partial charge in [-0.25, -0.2) is 0 Å². The van der Waals surface area contributed by atoms with Gasteiger partial charge in [-0.3, -0.25) is 0 Å². The highest BCUT2D eigenvalue weighted by Gasteiger charge is 1.84. The zero-order valence-electron chi connectivity index (χ0n) is 6.53. The van der Waals surface area contributed by atoms with Crippen LogP contribution in [0.25, 0.3) is 0 Å². The van der Waals surface area contributed by atoms with Crippen molar-refractivity contribution < 1.29 is 0 Å². The van der Waals surface area contributed by atoms with Crippen molar-refractivity contribution in [2.75, 3.05) is 26.3 Å². The maximum atomic E-state index is 5.23. The van der Waals surface area contributed by atoms with Gasteiger partial charge in [-0.1, -0.05) is 6.92 Å². The summed E-state index contributed by atoms with van der Waals surface area (Å²) in [5.74, 6) is 0. The van der Waals surface area contributed by atoms with Crippen LogP contribution >= 0.6 is 0 Å². The Hall–Kier alpha value is -0.120. The fraction of sp³-hybridized carbons (Fsp3) is 0.857. The summed E-state index contributed by atoms with van der Waals surface area (Å²) < 4.78 is 0. The molecule has 0 rings (SSSR count). The summed E-state index contributed by atoms with van der Waals surface area (Å²) in [6.45, 7) is 7.38. The number of rotatable bonds is 7. The topological polar surface area (TPSA) is 50.1 Å². The van der Waals surface area contributed by atoms with E-state index in [1.54, 1.807) is 0 Å². The molecule has 0 unspecified atom stereocenters. The lowest BCUT2D eigenvalue weighted by atomic mass is 10.4. The highest BCUT2D eigenvalue weighted by Crippen LogP contribution is 1.73. The average molecular weight is 144 g/mol. The summed E-state index contributed by atoms with van der Waals surface area (Å²) in [6.07, 6.45) is 2.10. The number of hydrogen-bond acceptors (Lipinski definition) is 3. The molecule has 0 saturated carbocycles. The van der Waals surface area contributed by atoms with E-state index in [0.717, 1.165) is 32.5 Å². The second-order valence-electron chi connectivity index (χ2n) is 2.16. The third kappa shape index (κ3) is 7.88. The van der Waals surface area contributed by atoms with Gasteiger partial charge in [0.2, 0.25) is 0 Å². The highest BCUT2D eigenvalue weighted by atomic mass is 15.0. The molecule has 0 aromatic rings. The molecule has 10 heavy (non-hydrogen) atoms. The Balaban J connectivity index is 2.65. The summed E-state index contributed by atoms with van der Waals surface area (Å²) in [4.78, 5) is 0. The summed E-state index contributed by atoms with van der Waals surface area (Å²) in [7, 11) is 0. The van der Waals surface area contributed by atoms with Crippen LogP contribution in [0.4, 0.5) is 0 Å². The van der Waals surface area contributed by atoms with Crippen molar-refractivity contribution >= 4 is 0 Å². The molecule has 0 heterocycles. The Labute approximate surface area is 63.4 Å². The SMILES string of the molecule is [CH2]CCNCCCNCN. The van der Waals surface area contributed by atoms with E-state index < -0.39 is 0 Å². The second kappa shape index (κ2) is 8.88. The monoisotopic (exact) mass is 144 g/mol. The molecule has 0 aliphatic heterocycles. The molecule has 3 heteroatoms. The molecule has 0 bridgehead atoms. The van der Waals surface area contributed by atoms with E-state index in [2.05, 4.69) is 17.6 Å². The lowest BCUT2D eigenvalue weighted by molar-refractivity contribution is 0.604. The predicted molar refractivity (Wildman–Crippen MR) is 44.5 cm³/mol. The lowest BCUT2D eigenvalue weighted by Gasteiger charge is -2.02. The molecular formula is C7H18N3. The van der Waals surface area contributed by atoms with Crippen LogP contribution in [0.2, 0.25) is 0 Å². The lowest BCUT2D eigenvalue weighted by Crippen LogP contribution is -2.26. The van der Waals surface area contributed by atoms with Crippen LogP contribution in [0.15, 0.2) is 0 Å². The van der Waals surface area contributed by atoms with E-state index >= 15 is 0 Å². The van der Waals surface area contributed by atoms with Gasteiger partial charge >= 0.3 is 0 Å². The first-order valence-electron chi connectivity index (χ1n) is 3.82. The van der Waals surface area contributed by atoms with Gasteiger partial charge in [0.1, 0.15) is 0 Å². The van der Waals surface area contributed by atoms with Crippen LogP contribution in [0, 0.1) is 6.92 Å². The fourth-order valence-electron chi connectivity index (χ4n) is 0.690. The summed E-state index contributed by atoms with van der Waals surface area (Å²) in [6, 6.07) is 0. The summed E-state index contributed by atoms with van der Waals surface area (Å²) in [5.41, 5.74) is 5.23. The second-order valence-corrected chi connectivity index (χ2v) is 2.16. The smallest absolute Gasteiger partial charge is 0.0428 e. The van der Waals surface area contributed by atoms with E-state index in [4.69, 9.17) is 5.73 Å². The third-order valence-electron chi connectivity index (χ3n) is 1.20. The van der Waals surface area contributed by atoms with Crippen LogP contribution in [-0.4, -0.2) is 26.3 Å². The summed E-state index contributed by atoms with van der Waals surface area (Å²) in [5, 5.41) is 6.30. The van der Waals surface area contributed by atoms with Crippen LogP contribution < -0.4 is 16.4 Å². The van der Waals surface area contributed by atoms with Crippen LogP contribution in [-0.2, 0) is 0 Å². The van der Waals surface area contributed by atoms with Gasteiger partial charge in [0.15, 0.2) is 0 Å². The first-order chi connectivity index (χ1) is 4.91. The zero-order valence-corrected chi connectivity index (χ0v) is 6.53. The van der Waals surface area contributed by atoms with Gasteiger partial charge < -0.3 is 16.4 Å². The normalized spacial score (nSPS) is 10.2. The van der Waals surface area contributed by atoms with Gasteiger partial charge in [0.25, 0.3) is 0 Å². The Morgan fingerprint density at radius 1 is 1.10 bits per heavy atom. The largest absolute Gasteiger partial charge is 0.318 e. The molecule has 61 valence electrons. The minimum Gasteiger partial charge on any atom is -0.318 e. The Morgan fingerprint density at radius 3 is 2.40 bits per heavy atom. The minimum atomic E-state index is 0.579. The van der Waals surface area contributed by atoms with Crippen molar-refractivity contribution in [3.63, 3.8) is 0 Å². The van der Waals surface area contributed by atoms with Crippen molar-refractivity contribution in [2.45, 2.75) is 12.8 Å². The molecule has 0 amide bonds. The highest BCUT2D eigenvalue weighted by molar-refractivity contribution is 4.50. The Bertz CT molecular complexity index is 48.8. The van der Waals surface area contributed by atoms with Crippen LogP contribution in [0.3, 0.4) is 0 Å². The first-order valence-corrected chi connectivity index (χ1v) is 3.82. The van der Waals surface area contributed by atoms with Crippen molar-refractivity contribution in [3.8, 4) is 0 Å². The number of nitrogens with two attached hydrogens (primary N) is 1. The van der Waals surface area contributed by atoms with E-state index in [9.17, 15) is 0 Å². The molecule has 0 aromatic heterocycles. The molecule has 0 aromatic carbocycles. The Kier molecular flexibility index (Phi) is 8.77. The van der Waals surface area contributed by atoms with Gasteiger partial charge in [-0.05, 0) is 32.5 Å². The van der Waals surface area contributed by atoms with Crippen LogP contribution in [0.5, 0.6) is 0 Å². The van der Waals surface area contributed by atoms with E-state index in [-0.39, 0.29) is 0 Å². The van der Waals surface area contributed by atoms with Crippen molar-refractivity contribution in [1.82, 2.24) is 10.6 Å². The van der Waals surface area contributed by atoms with Gasteiger partial charge in [-0.2, -0.15) is 0 Å². The van der Waals surface area contributed by atoms with Crippen LogP contribution in [0.1, 0.15) is 12.8 Å². The summed E-state index contributed by atoms with van der Waals surface area (Å²) >= 11 is 0. The van der Waals surface area contributed by atoms with Gasteiger partial charge in [0, 0.05) is 6.67 Å². The maximum Gasteiger partial charge on any atom is 0.0428 e. The molecule has 3 nitrogen and oxygen atoms in total. The zero-order chi connectivity index (χ0) is 7.66. The molecule has 0 aliphatic carbocycles. The van der Waals surface area contributed by atoms with Gasteiger partial charge in [-0.15, -0.1) is 0 Å². The number of hydrogen-bond donors (Lipinski definition) is 3. The maximum absolute atomic E-state index is 5.23. The average Bonchev–Trinajstić information content (AvgIpc) is 1.97. The number of nitrogens with one attached hydrogen (secondary N) is 2. The van der Waals surface area contributed by atoms with Crippen molar-refractivity contribution in [2.24, 2.45) is 5.73 Å². The third-order valence-corrected chi connectivity index (χ3v) is 1.20. The standard InChI is InChI=1S/C7H18N3/c1-2-4-9-5-3-6-10-7-8/h9-10H,1-8H2. The minimum absolute atomic E-state index is 0.579. The molecule has 0 atom stereocenters. The van der Waals surface area contributed by atoms with E-state index in [1.165, 1.54) is 0 Å². The van der Waals surface area contributed by atoms with Crippen molar-refractivity contribution in [3.05, 3.63) is 6.92 Å². The van der Waals surface area contributed by atoms with Crippen molar-refractivity contribution in [1.29, 1.82) is 0 Å². The Morgan fingerprint density at radius 2 is 1.80 bits per heavy atom. The predicted octanol–water partition coefficient (Wildman–Crippen LogP) is -0.304. The molecule has 0 aliphatic rings. The first kappa shape index (κ1) is 9.88. The molecule has 1 radical (unpaired) electrons. The molecular weight excluding hydrogens is 126 g/mol. The molecule has 0 spiro atoms. The van der Waals surface area contributed by atoms with E-state index in [1.807, 2.05) is 0 Å². The molecule has 0 fully saturated rings. The van der Waals surface area contributed by atoms with Gasteiger partial charge in [0.05, 0.1) is 0 Å². The molecule has 4 N–H and O–H groups in total.